The molecule has 1 aromatic rings. The van der Waals surface area contributed by atoms with Gasteiger partial charge < -0.3 is 14.6 Å². The summed E-state index contributed by atoms with van der Waals surface area (Å²) in [5.74, 6) is 0. The van der Waals surface area contributed by atoms with Gasteiger partial charge in [-0.3, -0.25) is 0 Å². The number of hydrogen-bond donors (Lipinski definition) is 2. The first-order valence-electron chi connectivity index (χ1n) is 6.42. The van der Waals surface area contributed by atoms with Crippen molar-refractivity contribution in [3.05, 3.63) is 29.3 Å². The highest BCUT2D eigenvalue weighted by Gasteiger charge is 2.20. The van der Waals surface area contributed by atoms with Crippen LogP contribution in [0.3, 0.4) is 0 Å². The Morgan fingerprint density at radius 2 is 2.20 bits per heavy atom. The van der Waals surface area contributed by atoms with Gasteiger partial charge in [-0.2, -0.15) is 0 Å². The molecular formula is C13H19NO5S. The van der Waals surface area contributed by atoms with Gasteiger partial charge in [-0.1, -0.05) is 6.07 Å². The van der Waals surface area contributed by atoms with Gasteiger partial charge in [0.05, 0.1) is 37.4 Å². The molecule has 7 heteroatoms. The normalized spacial score (nSPS) is 20.0. The third-order valence-corrected chi connectivity index (χ3v) is 4.61. The van der Waals surface area contributed by atoms with Gasteiger partial charge in [0.25, 0.3) is 0 Å². The number of rotatable bonds is 5. The van der Waals surface area contributed by atoms with E-state index in [4.69, 9.17) is 9.47 Å². The second kappa shape index (κ2) is 6.64. The van der Waals surface area contributed by atoms with E-state index in [1.165, 1.54) is 12.1 Å². The molecule has 112 valence electrons. The smallest absolute Gasteiger partial charge is 0.240 e. The maximum Gasteiger partial charge on any atom is 0.240 e. The standard InChI is InChI=1S/C13H19NO5S/c1-10-2-3-13(6-11(10)8-15)20(16,17)14-7-12-9-18-4-5-19-12/h2-3,6,12,14-15H,4-5,7-9H2,1H3. The zero-order valence-corrected chi connectivity index (χ0v) is 12.1. The average molecular weight is 301 g/mol. The van der Waals surface area contributed by atoms with Crippen molar-refractivity contribution in [2.24, 2.45) is 0 Å². The largest absolute Gasteiger partial charge is 0.392 e. The van der Waals surface area contributed by atoms with Crippen molar-refractivity contribution in [3.8, 4) is 0 Å². The molecule has 2 N–H and O–H groups in total. The Morgan fingerprint density at radius 3 is 2.85 bits per heavy atom. The van der Waals surface area contributed by atoms with E-state index in [1.54, 1.807) is 6.07 Å². The molecule has 0 aliphatic carbocycles. The van der Waals surface area contributed by atoms with Gasteiger partial charge in [-0.25, -0.2) is 13.1 Å². The number of benzene rings is 1. The fourth-order valence-corrected chi connectivity index (χ4v) is 3.04. The van der Waals surface area contributed by atoms with E-state index < -0.39 is 10.0 Å². The zero-order valence-electron chi connectivity index (χ0n) is 11.3. The molecule has 0 aromatic heterocycles. The molecule has 1 unspecified atom stereocenters. The number of ether oxygens (including phenoxy) is 2. The van der Waals surface area contributed by atoms with Gasteiger partial charge >= 0.3 is 0 Å². The summed E-state index contributed by atoms with van der Waals surface area (Å²) in [6.07, 6.45) is -0.263. The minimum atomic E-state index is -3.61. The lowest BCUT2D eigenvalue weighted by atomic mass is 10.1. The minimum Gasteiger partial charge on any atom is -0.392 e. The van der Waals surface area contributed by atoms with Crippen LogP contribution in [-0.4, -0.2) is 46.0 Å². The quantitative estimate of drug-likeness (QED) is 0.810. The second-order valence-electron chi connectivity index (χ2n) is 4.67. The van der Waals surface area contributed by atoms with Crippen LogP contribution >= 0.6 is 0 Å². The molecule has 6 nitrogen and oxygen atoms in total. The third-order valence-electron chi connectivity index (χ3n) is 3.19. The zero-order chi connectivity index (χ0) is 14.6. The van der Waals surface area contributed by atoms with Gasteiger partial charge in [0.15, 0.2) is 0 Å². The lowest BCUT2D eigenvalue weighted by Gasteiger charge is -2.23. The topological polar surface area (TPSA) is 84.9 Å². The molecule has 1 aliphatic rings. The fourth-order valence-electron chi connectivity index (χ4n) is 1.93. The summed E-state index contributed by atoms with van der Waals surface area (Å²) in [6.45, 7) is 3.22. The molecule has 0 radical (unpaired) electrons. The van der Waals surface area contributed by atoms with Gasteiger partial charge in [0.2, 0.25) is 10.0 Å². The summed E-state index contributed by atoms with van der Waals surface area (Å²) in [5, 5.41) is 9.19. The van der Waals surface area contributed by atoms with Gasteiger partial charge in [-0.15, -0.1) is 0 Å². The van der Waals surface area contributed by atoms with Crippen molar-refractivity contribution in [3.63, 3.8) is 0 Å². The van der Waals surface area contributed by atoms with Gasteiger partial charge in [0.1, 0.15) is 0 Å². The predicted molar refractivity (Wildman–Crippen MR) is 72.8 cm³/mol. The fraction of sp³-hybridized carbons (Fsp3) is 0.538. The van der Waals surface area contributed by atoms with Crippen LogP contribution in [0.1, 0.15) is 11.1 Å². The van der Waals surface area contributed by atoms with E-state index >= 15 is 0 Å². The van der Waals surface area contributed by atoms with Crippen LogP contribution in [0.5, 0.6) is 0 Å². The lowest BCUT2D eigenvalue weighted by molar-refractivity contribution is -0.0846. The van der Waals surface area contributed by atoms with Crippen molar-refractivity contribution < 1.29 is 23.0 Å². The summed E-state index contributed by atoms with van der Waals surface area (Å²) >= 11 is 0. The molecule has 1 saturated heterocycles. The monoisotopic (exact) mass is 301 g/mol. The summed E-state index contributed by atoms with van der Waals surface area (Å²) in [5.41, 5.74) is 1.46. The SMILES string of the molecule is Cc1ccc(S(=O)(=O)NCC2COCCO2)cc1CO. The molecule has 1 atom stereocenters. The molecule has 0 saturated carbocycles. The Morgan fingerprint density at radius 1 is 1.40 bits per heavy atom. The van der Waals surface area contributed by atoms with Crippen LogP contribution in [0.4, 0.5) is 0 Å². The number of aliphatic hydroxyl groups excluding tert-OH is 1. The van der Waals surface area contributed by atoms with E-state index in [1.807, 2.05) is 6.92 Å². The van der Waals surface area contributed by atoms with Crippen LogP contribution in [0.15, 0.2) is 23.1 Å². The van der Waals surface area contributed by atoms with Crippen LogP contribution in [0.25, 0.3) is 0 Å². The first-order chi connectivity index (χ1) is 9.53. The van der Waals surface area contributed by atoms with E-state index in [0.29, 0.717) is 25.4 Å². The first-order valence-corrected chi connectivity index (χ1v) is 7.90. The number of aryl methyl sites for hydroxylation is 1. The average Bonchev–Trinajstić information content (AvgIpc) is 2.46. The van der Waals surface area contributed by atoms with E-state index in [0.717, 1.165) is 5.56 Å². The molecule has 0 spiro atoms. The summed E-state index contributed by atoms with van der Waals surface area (Å²) in [4.78, 5) is 0.142. The number of sulfonamides is 1. The molecule has 0 bridgehead atoms. The Hall–Kier alpha value is -0.990. The lowest BCUT2D eigenvalue weighted by Crippen LogP contribution is -2.39. The molecular weight excluding hydrogens is 282 g/mol. The number of nitrogens with one attached hydrogen (secondary N) is 1. The summed E-state index contributed by atoms with van der Waals surface area (Å²) in [7, 11) is -3.61. The molecule has 1 aliphatic heterocycles. The van der Waals surface area contributed by atoms with Crippen LogP contribution < -0.4 is 4.72 Å². The van der Waals surface area contributed by atoms with Gasteiger partial charge in [0, 0.05) is 6.54 Å². The highest BCUT2D eigenvalue weighted by molar-refractivity contribution is 7.89. The number of aliphatic hydroxyl groups is 1. The highest BCUT2D eigenvalue weighted by atomic mass is 32.2. The van der Waals surface area contributed by atoms with Crippen molar-refractivity contribution in [1.29, 1.82) is 0 Å². The molecule has 1 heterocycles. The Balaban J connectivity index is 2.05. The van der Waals surface area contributed by atoms with Crippen LogP contribution in [0, 0.1) is 6.92 Å². The Kier molecular flexibility index (Phi) is 5.11. The minimum absolute atomic E-state index is 0.142. The summed E-state index contributed by atoms with van der Waals surface area (Å²) in [6, 6.07) is 4.69. The Bertz CT molecular complexity index is 552. The van der Waals surface area contributed by atoms with Crippen molar-refractivity contribution >= 4 is 10.0 Å². The van der Waals surface area contributed by atoms with E-state index in [2.05, 4.69) is 4.72 Å². The van der Waals surface area contributed by atoms with Gasteiger partial charge in [-0.05, 0) is 30.2 Å². The molecule has 1 aromatic carbocycles. The highest BCUT2D eigenvalue weighted by Crippen LogP contribution is 2.15. The number of hydrogen-bond acceptors (Lipinski definition) is 5. The van der Waals surface area contributed by atoms with Crippen LogP contribution in [-0.2, 0) is 26.1 Å². The maximum atomic E-state index is 12.2. The molecule has 1 fully saturated rings. The Labute approximate surface area is 118 Å². The van der Waals surface area contributed by atoms with Crippen molar-refractivity contribution in [2.75, 3.05) is 26.4 Å². The van der Waals surface area contributed by atoms with E-state index in [9.17, 15) is 13.5 Å². The first kappa shape index (κ1) is 15.4. The van der Waals surface area contributed by atoms with Crippen LogP contribution in [0.2, 0.25) is 0 Å². The summed E-state index contributed by atoms with van der Waals surface area (Å²) < 4.78 is 37.4. The predicted octanol–water partition coefficient (Wildman–Crippen LogP) is 0.181. The van der Waals surface area contributed by atoms with Crippen molar-refractivity contribution in [2.45, 2.75) is 24.5 Å². The van der Waals surface area contributed by atoms with E-state index in [-0.39, 0.29) is 24.2 Å². The molecule has 20 heavy (non-hydrogen) atoms. The molecule has 2 rings (SSSR count). The maximum absolute atomic E-state index is 12.2. The molecule has 0 amide bonds. The third kappa shape index (κ3) is 3.77. The second-order valence-corrected chi connectivity index (χ2v) is 6.43. The van der Waals surface area contributed by atoms with Crippen molar-refractivity contribution in [1.82, 2.24) is 4.72 Å².